The van der Waals surface area contributed by atoms with Gasteiger partial charge >= 0.3 is 0 Å². The van der Waals surface area contributed by atoms with Crippen LogP contribution in [0.15, 0.2) is 18.2 Å². The number of rotatable bonds is 0. The number of nitrogens with two attached hydrogens (primary N) is 1. The van der Waals surface area contributed by atoms with Gasteiger partial charge in [-0.2, -0.15) is 0 Å². The summed E-state index contributed by atoms with van der Waals surface area (Å²) in [5, 5.41) is 0. The molecule has 1 aromatic rings. The lowest BCUT2D eigenvalue weighted by Gasteiger charge is -2.50. The van der Waals surface area contributed by atoms with E-state index in [1.165, 1.54) is 17.5 Å². The molecule has 1 aliphatic carbocycles. The van der Waals surface area contributed by atoms with E-state index in [4.69, 9.17) is 10.5 Å². The molecule has 0 amide bonds. The van der Waals surface area contributed by atoms with E-state index in [1.54, 1.807) is 0 Å². The van der Waals surface area contributed by atoms with Gasteiger partial charge in [-0.15, -0.1) is 0 Å². The van der Waals surface area contributed by atoms with Gasteiger partial charge < -0.3 is 10.5 Å². The van der Waals surface area contributed by atoms with Crippen LogP contribution in [0.5, 0.6) is 5.75 Å². The molecule has 0 aromatic heterocycles. The maximum Gasteiger partial charge on any atom is 0.124 e. The van der Waals surface area contributed by atoms with Crippen molar-refractivity contribution in [2.75, 3.05) is 0 Å². The van der Waals surface area contributed by atoms with Gasteiger partial charge in [0.2, 0.25) is 0 Å². The Labute approximate surface area is 122 Å². The first kappa shape index (κ1) is 13.9. The molecule has 3 rings (SSSR count). The summed E-state index contributed by atoms with van der Waals surface area (Å²) in [6.07, 6.45) is 4.49. The van der Waals surface area contributed by atoms with E-state index in [-0.39, 0.29) is 11.6 Å². The standard InChI is InChI=1S/C18H27NO/c1-12-5-6-16-14(7-12)15(19)10-18(20-16)9-13(2)8-17(3,4)11-18/h5-7,13,15H,8-11,19H2,1-4H3/t13?,15-,18?/m0/s1. The zero-order valence-electron chi connectivity index (χ0n) is 13.2. The van der Waals surface area contributed by atoms with E-state index >= 15 is 0 Å². The Bertz CT molecular complexity index is 522. The molecule has 110 valence electrons. The van der Waals surface area contributed by atoms with E-state index in [9.17, 15) is 0 Å². The smallest absolute Gasteiger partial charge is 0.124 e. The molecule has 1 saturated carbocycles. The lowest BCUT2D eigenvalue weighted by atomic mass is 9.63. The van der Waals surface area contributed by atoms with Gasteiger partial charge in [-0.25, -0.2) is 0 Å². The molecular weight excluding hydrogens is 246 g/mol. The quantitative estimate of drug-likeness (QED) is 0.762. The summed E-state index contributed by atoms with van der Waals surface area (Å²) in [6.45, 7) is 9.19. The summed E-state index contributed by atoms with van der Waals surface area (Å²) in [6, 6.07) is 6.53. The van der Waals surface area contributed by atoms with Crippen molar-refractivity contribution in [3.63, 3.8) is 0 Å². The van der Waals surface area contributed by atoms with Crippen molar-refractivity contribution < 1.29 is 4.74 Å². The van der Waals surface area contributed by atoms with Crippen LogP contribution < -0.4 is 10.5 Å². The number of hydrogen-bond donors (Lipinski definition) is 1. The molecule has 0 radical (unpaired) electrons. The fourth-order valence-electron chi connectivity index (χ4n) is 4.74. The van der Waals surface area contributed by atoms with Gasteiger partial charge in [-0.3, -0.25) is 0 Å². The predicted octanol–water partition coefficient (Wildman–Crippen LogP) is 4.36. The van der Waals surface area contributed by atoms with Crippen LogP contribution in [0.2, 0.25) is 0 Å². The van der Waals surface area contributed by atoms with Crippen LogP contribution >= 0.6 is 0 Å². The second kappa shape index (κ2) is 4.49. The highest BCUT2D eigenvalue weighted by Crippen LogP contribution is 2.52. The second-order valence-electron chi connectivity index (χ2n) is 7.99. The second-order valence-corrected chi connectivity index (χ2v) is 7.99. The average Bonchev–Trinajstić information content (AvgIpc) is 2.27. The number of benzene rings is 1. The maximum atomic E-state index is 6.51. The summed E-state index contributed by atoms with van der Waals surface area (Å²) in [7, 11) is 0. The number of aryl methyl sites for hydroxylation is 1. The van der Waals surface area contributed by atoms with Gasteiger partial charge in [0, 0.05) is 18.0 Å². The first-order valence-electron chi connectivity index (χ1n) is 7.84. The van der Waals surface area contributed by atoms with Crippen LogP contribution in [0.3, 0.4) is 0 Å². The van der Waals surface area contributed by atoms with Crippen LogP contribution in [-0.4, -0.2) is 5.60 Å². The molecule has 2 N–H and O–H groups in total. The van der Waals surface area contributed by atoms with Crippen molar-refractivity contribution in [1.82, 2.24) is 0 Å². The molecule has 20 heavy (non-hydrogen) atoms. The minimum Gasteiger partial charge on any atom is -0.487 e. The van der Waals surface area contributed by atoms with Crippen molar-refractivity contribution in [2.45, 2.75) is 65.0 Å². The third kappa shape index (κ3) is 2.46. The normalized spacial score (nSPS) is 35.5. The van der Waals surface area contributed by atoms with Crippen molar-refractivity contribution in [3.05, 3.63) is 29.3 Å². The van der Waals surface area contributed by atoms with Crippen molar-refractivity contribution in [3.8, 4) is 5.75 Å². The Morgan fingerprint density at radius 3 is 2.65 bits per heavy atom. The van der Waals surface area contributed by atoms with Crippen LogP contribution in [0, 0.1) is 18.3 Å². The predicted molar refractivity (Wildman–Crippen MR) is 82.9 cm³/mol. The zero-order chi connectivity index (χ0) is 14.5. The van der Waals surface area contributed by atoms with Gasteiger partial charge in [-0.05, 0) is 43.6 Å². The number of ether oxygens (including phenoxy) is 1. The summed E-state index contributed by atoms with van der Waals surface area (Å²) in [4.78, 5) is 0. The van der Waals surface area contributed by atoms with Crippen molar-refractivity contribution in [2.24, 2.45) is 17.1 Å². The van der Waals surface area contributed by atoms with Gasteiger partial charge in [0.25, 0.3) is 0 Å². The van der Waals surface area contributed by atoms with E-state index in [0.717, 1.165) is 25.0 Å². The molecule has 1 aromatic carbocycles. The van der Waals surface area contributed by atoms with E-state index < -0.39 is 0 Å². The van der Waals surface area contributed by atoms with Gasteiger partial charge in [0.05, 0.1) is 0 Å². The third-order valence-electron chi connectivity index (χ3n) is 4.91. The van der Waals surface area contributed by atoms with E-state index in [1.807, 2.05) is 0 Å². The zero-order valence-corrected chi connectivity index (χ0v) is 13.2. The molecule has 2 unspecified atom stereocenters. The SMILES string of the molecule is Cc1ccc2c(c1)[C@@H](N)CC1(CC(C)CC(C)(C)C1)O2. The highest BCUT2D eigenvalue weighted by molar-refractivity contribution is 5.41. The first-order valence-corrected chi connectivity index (χ1v) is 7.84. The van der Waals surface area contributed by atoms with E-state index in [2.05, 4.69) is 45.9 Å². The molecule has 1 spiro atoms. The monoisotopic (exact) mass is 273 g/mol. The Balaban J connectivity index is 1.96. The molecular formula is C18H27NO. The summed E-state index contributed by atoms with van der Waals surface area (Å²) >= 11 is 0. The molecule has 1 fully saturated rings. The van der Waals surface area contributed by atoms with Gasteiger partial charge in [-0.1, -0.05) is 38.5 Å². The minimum atomic E-state index is -0.0527. The first-order chi connectivity index (χ1) is 9.29. The van der Waals surface area contributed by atoms with Gasteiger partial charge in [0.1, 0.15) is 11.4 Å². The largest absolute Gasteiger partial charge is 0.487 e. The van der Waals surface area contributed by atoms with Crippen molar-refractivity contribution >= 4 is 0 Å². The van der Waals surface area contributed by atoms with Crippen LogP contribution in [-0.2, 0) is 0 Å². The van der Waals surface area contributed by atoms with Crippen LogP contribution in [0.1, 0.15) is 63.6 Å². The number of hydrogen-bond acceptors (Lipinski definition) is 2. The van der Waals surface area contributed by atoms with E-state index in [0.29, 0.717) is 11.3 Å². The Hall–Kier alpha value is -1.02. The maximum absolute atomic E-state index is 6.51. The third-order valence-corrected chi connectivity index (χ3v) is 4.91. The average molecular weight is 273 g/mol. The number of fused-ring (bicyclic) bond motifs is 1. The molecule has 1 aliphatic heterocycles. The topological polar surface area (TPSA) is 35.2 Å². The molecule has 2 nitrogen and oxygen atoms in total. The Morgan fingerprint density at radius 2 is 1.95 bits per heavy atom. The molecule has 0 bridgehead atoms. The minimum absolute atomic E-state index is 0.0527. The molecule has 2 aliphatic rings. The Kier molecular flexibility index (Phi) is 3.13. The Morgan fingerprint density at radius 1 is 1.20 bits per heavy atom. The molecule has 0 saturated heterocycles. The molecule has 3 atom stereocenters. The summed E-state index contributed by atoms with van der Waals surface area (Å²) in [5.74, 6) is 1.72. The highest BCUT2D eigenvalue weighted by atomic mass is 16.5. The van der Waals surface area contributed by atoms with Crippen LogP contribution in [0.25, 0.3) is 0 Å². The lowest BCUT2D eigenvalue weighted by molar-refractivity contribution is -0.0571. The highest BCUT2D eigenvalue weighted by Gasteiger charge is 2.48. The lowest BCUT2D eigenvalue weighted by Crippen LogP contribution is -2.50. The molecule has 2 heteroatoms. The summed E-state index contributed by atoms with van der Waals surface area (Å²) < 4.78 is 6.51. The van der Waals surface area contributed by atoms with Gasteiger partial charge in [0.15, 0.2) is 0 Å². The fourth-order valence-corrected chi connectivity index (χ4v) is 4.74. The summed E-state index contributed by atoms with van der Waals surface area (Å²) in [5.41, 5.74) is 9.22. The fraction of sp³-hybridized carbons (Fsp3) is 0.667. The van der Waals surface area contributed by atoms with Crippen molar-refractivity contribution in [1.29, 1.82) is 0 Å². The molecule has 1 heterocycles. The van der Waals surface area contributed by atoms with Crippen LogP contribution in [0.4, 0.5) is 0 Å².